The molecule has 0 N–H and O–H groups in total. The maximum absolute atomic E-state index is 12.0. The van der Waals surface area contributed by atoms with Gasteiger partial charge in [0.25, 0.3) is 5.91 Å². The molecule has 0 atom stereocenters. The Morgan fingerprint density at radius 2 is 1.94 bits per heavy atom. The molecule has 0 aliphatic carbocycles. The van der Waals surface area contributed by atoms with Gasteiger partial charge in [0.2, 0.25) is 0 Å². The number of hydrogen-bond acceptors (Lipinski definition) is 3. The molecule has 84 valence electrons. The lowest BCUT2D eigenvalue weighted by Crippen LogP contribution is -2.27. The van der Waals surface area contributed by atoms with E-state index in [1.54, 1.807) is 18.2 Å². The smallest absolute Gasteiger partial charge is 0.253 e. The van der Waals surface area contributed by atoms with Crippen LogP contribution >= 0.6 is 0 Å². The van der Waals surface area contributed by atoms with Crippen molar-refractivity contribution in [3.8, 4) is 0 Å². The van der Waals surface area contributed by atoms with Crippen molar-refractivity contribution in [2.45, 2.75) is 19.8 Å². The summed E-state index contributed by atoms with van der Waals surface area (Å²) in [6.07, 6.45) is 2.13. The molecule has 1 saturated heterocycles. The summed E-state index contributed by atoms with van der Waals surface area (Å²) in [7, 11) is 0. The minimum Gasteiger partial charge on any atom is -0.339 e. The zero-order valence-corrected chi connectivity index (χ0v) is 9.27. The van der Waals surface area contributed by atoms with E-state index in [2.05, 4.69) is 5.18 Å². The summed E-state index contributed by atoms with van der Waals surface area (Å²) in [5.41, 5.74) is 1.78. The van der Waals surface area contributed by atoms with Crippen LogP contribution < -0.4 is 0 Å². The highest BCUT2D eigenvalue weighted by Crippen LogP contribution is 2.20. The normalized spacial score (nSPS) is 15.2. The van der Waals surface area contributed by atoms with Gasteiger partial charge in [-0.1, -0.05) is 0 Å². The van der Waals surface area contributed by atoms with E-state index < -0.39 is 0 Å². The fraction of sp³-hybridized carbons (Fsp3) is 0.417. The number of aryl methyl sites for hydroxylation is 1. The van der Waals surface area contributed by atoms with Crippen molar-refractivity contribution in [2.24, 2.45) is 5.18 Å². The van der Waals surface area contributed by atoms with Crippen LogP contribution in [-0.2, 0) is 0 Å². The van der Waals surface area contributed by atoms with Gasteiger partial charge < -0.3 is 4.90 Å². The predicted octanol–water partition coefficient (Wildman–Crippen LogP) is 2.63. The average Bonchev–Trinajstić information content (AvgIpc) is 2.80. The molecule has 2 rings (SSSR count). The molecule has 1 aliphatic heterocycles. The van der Waals surface area contributed by atoms with Crippen molar-refractivity contribution in [1.29, 1.82) is 0 Å². The highest BCUT2D eigenvalue weighted by Gasteiger charge is 2.19. The van der Waals surface area contributed by atoms with Gasteiger partial charge in [-0.15, -0.1) is 4.91 Å². The van der Waals surface area contributed by atoms with Gasteiger partial charge in [0.15, 0.2) is 0 Å². The average molecular weight is 218 g/mol. The Labute approximate surface area is 94.2 Å². The first-order chi connectivity index (χ1) is 7.70. The number of benzene rings is 1. The third-order valence-corrected chi connectivity index (χ3v) is 2.81. The molecule has 0 bridgehead atoms. The van der Waals surface area contributed by atoms with Gasteiger partial charge in [-0.25, -0.2) is 0 Å². The lowest BCUT2D eigenvalue weighted by atomic mass is 10.1. The molecule has 16 heavy (non-hydrogen) atoms. The van der Waals surface area contributed by atoms with Crippen molar-refractivity contribution in [3.05, 3.63) is 34.2 Å². The van der Waals surface area contributed by atoms with E-state index in [4.69, 9.17) is 0 Å². The molecular formula is C12H14N2O2. The van der Waals surface area contributed by atoms with E-state index in [9.17, 15) is 9.70 Å². The minimum atomic E-state index is 0.00565. The van der Waals surface area contributed by atoms with Crippen LogP contribution in [0.3, 0.4) is 0 Å². The first-order valence-electron chi connectivity index (χ1n) is 5.45. The Morgan fingerprint density at radius 1 is 1.25 bits per heavy atom. The van der Waals surface area contributed by atoms with Gasteiger partial charge in [-0.05, 0) is 48.7 Å². The molecule has 4 heteroatoms. The molecular weight excluding hydrogens is 204 g/mol. The van der Waals surface area contributed by atoms with Crippen LogP contribution in [0.2, 0.25) is 0 Å². The lowest BCUT2D eigenvalue weighted by molar-refractivity contribution is 0.0793. The summed E-state index contributed by atoms with van der Waals surface area (Å²) in [5, 5.41) is 2.88. The maximum atomic E-state index is 12.0. The van der Waals surface area contributed by atoms with E-state index in [1.165, 1.54) is 0 Å². The third-order valence-electron chi connectivity index (χ3n) is 2.81. The molecule has 1 fully saturated rings. The van der Waals surface area contributed by atoms with E-state index in [0.29, 0.717) is 11.3 Å². The molecule has 1 aromatic carbocycles. The Balaban J connectivity index is 2.28. The summed E-state index contributed by atoms with van der Waals surface area (Å²) >= 11 is 0. The number of hydrogen-bond donors (Lipinski definition) is 0. The van der Waals surface area contributed by atoms with E-state index in [-0.39, 0.29) is 5.91 Å². The quantitative estimate of drug-likeness (QED) is 0.716. The summed E-state index contributed by atoms with van der Waals surface area (Å²) < 4.78 is 0. The molecule has 1 aromatic rings. The van der Waals surface area contributed by atoms with Gasteiger partial charge in [-0.3, -0.25) is 4.79 Å². The summed E-state index contributed by atoms with van der Waals surface area (Å²) in [4.78, 5) is 24.4. The Hall–Kier alpha value is -1.71. The molecule has 0 saturated carbocycles. The van der Waals surface area contributed by atoms with Crippen molar-refractivity contribution >= 4 is 11.6 Å². The monoisotopic (exact) mass is 218 g/mol. The van der Waals surface area contributed by atoms with Crippen LogP contribution in [-0.4, -0.2) is 23.9 Å². The number of nitroso groups, excluding NO2 is 1. The second kappa shape index (κ2) is 4.43. The first kappa shape index (κ1) is 10.8. The van der Waals surface area contributed by atoms with Crippen LogP contribution in [0.4, 0.5) is 5.69 Å². The molecule has 4 nitrogen and oxygen atoms in total. The molecule has 0 aromatic heterocycles. The topological polar surface area (TPSA) is 49.7 Å². The van der Waals surface area contributed by atoms with E-state index in [0.717, 1.165) is 31.5 Å². The molecule has 0 unspecified atom stereocenters. The Morgan fingerprint density at radius 3 is 2.56 bits per heavy atom. The molecule has 1 aliphatic rings. The predicted molar refractivity (Wildman–Crippen MR) is 61.8 cm³/mol. The lowest BCUT2D eigenvalue weighted by Gasteiger charge is -2.15. The SMILES string of the molecule is Cc1cc(N=O)cc(C(=O)N2CCCC2)c1. The van der Waals surface area contributed by atoms with Crippen molar-refractivity contribution < 1.29 is 4.79 Å². The fourth-order valence-electron chi connectivity index (χ4n) is 2.04. The third kappa shape index (κ3) is 2.10. The number of carbonyl (C=O) groups excluding carboxylic acids is 1. The summed E-state index contributed by atoms with van der Waals surface area (Å²) in [5.74, 6) is 0.00565. The van der Waals surface area contributed by atoms with Gasteiger partial charge in [0.1, 0.15) is 5.69 Å². The fourth-order valence-corrected chi connectivity index (χ4v) is 2.04. The van der Waals surface area contributed by atoms with Crippen LogP contribution in [0, 0.1) is 11.8 Å². The van der Waals surface area contributed by atoms with Gasteiger partial charge in [-0.2, -0.15) is 0 Å². The second-order valence-electron chi connectivity index (χ2n) is 4.15. The van der Waals surface area contributed by atoms with Crippen molar-refractivity contribution in [2.75, 3.05) is 13.1 Å². The van der Waals surface area contributed by atoms with Crippen LogP contribution in [0.5, 0.6) is 0 Å². The largest absolute Gasteiger partial charge is 0.339 e. The van der Waals surface area contributed by atoms with E-state index in [1.807, 2.05) is 11.8 Å². The molecule has 0 spiro atoms. The Bertz CT molecular complexity index is 423. The Kier molecular flexibility index (Phi) is 2.99. The zero-order chi connectivity index (χ0) is 11.5. The minimum absolute atomic E-state index is 0.00565. The van der Waals surface area contributed by atoms with Crippen LogP contribution in [0.15, 0.2) is 23.4 Å². The van der Waals surface area contributed by atoms with Gasteiger partial charge in [0, 0.05) is 18.7 Å². The summed E-state index contributed by atoms with van der Waals surface area (Å²) in [6.45, 7) is 3.49. The van der Waals surface area contributed by atoms with Gasteiger partial charge >= 0.3 is 0 Å². The van der Waals surface area contributed by atoms with E-state index >= 15 is 0 Å². The summed E-state index contributed by atoms with van der Waals surface area (Å²) in [6, 6.07) is 5.03. The van der Waals surface area contributed by atoms with Gasteiger partial charge in [0.05, 0.1) is 0 Å². The number of nitrogens with zero attached hydrogens (tertiary/aromatic N) is 2. The zero-order valence-electron chi connectivity index (χ0n) is 9.27. The molecule has 1 amide bonds. The first-order valence-corrected chi connectivity index (χ1v) is 5.45. The van der Waals surface area contributed by atoms with Crippen molar-refractivity contribution in [1.82, 2.24) is 4.90 Å². The molecule has 0 radical (unpaired) electrons. The highest BCUT2D eigenvalue weighted by atomic mass is 16.3. The second-order valence-corrected chi connectivity index (χ2v) is 4.15. The molecule has 1 heterocycles. The number of rotatable bonds is 2. The van der Waals surface area contributed by atoms with Crippen LogP contribution in [0.25, 0.3) is 0 Å². The number of amides is 1. The van der Waals surface area contributed by atoms with Crippen molar-refractivity contribution in [3.63, 3.8) is 0 Å². The maximum Gasteiger partial charge on any atom is 0.253 e. The standard InChI is InChI=1S/C12H14N2O2/c1-9-6-10(8-11(7-9)13-16)12(15)14-4-2-3-5-14/h6-8H,2-5H2,1H3. The highest BCUT2D eigenvalue weighted by molar-refractivity contribution is 5.95. The number of carbonyl (C=O) groups is 1. The number of likely N-dealkylation sites (tertiary alicyclic amines) is 1. The van der Waals surface area contributed by atoms with Crippen LogP contribution in [0.1, 0.15) is 28.8 Å².